The van der Waals surface area contributed by atoms with E-state index in [0.717, 1.165) is 11.4 Å². The fourth-order valence-electron chi connectivity index (χ4n) is 0.833. The van der Waals surface area contributed by atoms with Gasteiger partial charge in [0, 0.05) is 12.3 Å². The Kier molecular flexibility index (Phi) is 1.07. The maximum atomic E-state index is 4.83. The van der Waals surface area contributed by atoms with Crippen LogP contribution in [0.25, 0.3) is 6.08 Å². The summed E-state index contributed by atoms with van der Waals surface area (Å²) in [6.07, 6.45) is 5.12. The molecule has 1 aliphatic rings. The minimum Gasteiger partial charge on any atom is -0.390 e. The molecule has 0 atom stereocenters. The summed E-state index contributed by atoms with van der Waals surface area (Å²) < 4.78 is 0. The van der Waals surface area contributed by atoms with Gasteiger partial charge >= 0.3 is 0 Å². The van der Waals surface area contributed by atoms with Crippen molar-refractivity contribution in [3.8, 4) is 0 Å². The lowest BCUT2D eigenvalue weighted by Crippen LogP contribution is -2.02. The van der Waals surface area contributed by atoms with Crippen molar-refractivity contribution in [2.45, 2.75) is 0 Å². The van der Waals surface area contributed by atoms with E-state index in [1.54, 1.807) is 12.5 Å². The summed E-state index contributed by atoms with van der Waals surface area (Å²) in [5.41, 5.74) is 4.53. The Morgan fingerprint density at radius 2 is 2.50 bits per heavy atom. The highest BCUT2D eigenvalue weighted by atomic mass is 16.6. The van der Waals surface area contributed by atoms with Crippen molar-refractivity contribution in [1.82, 2.24) is 4.98 Å². The van der Waals surface area contributed by atoms with Gasteiger partial charge in [0.25, 0.3) is 0 Å². The quantitative estimate of drug-likeness (QED) is 0.582. The summed E-state index contributed by atoms with van der Waals surface area (Å²) in [5.74, 6) is 0. The van der Waals surface area contributed by atoms with Gasteiger partial charge in [-0.05, 0) is 12.1 Å². The number of aromatic nitrogens is 1. The van der Waals surface area contributed by atoms with Gasteiger partial charge in [0.2, 0.25) is 0 Å². The van der Waals surface area contributed by atoms with Crippen molar-refractivity contribution in [3.63, 3.8) is 0 Å². The predicted octanol–water partition coefficient (Wildman–Crippen LogP) is 1.41. The van der Waals surface area contributed by atoms with E-state index in [0.29, 0.717) is 0 Å². The zero-order chi connectivity index (χ0) is 6.81. The molecule has 0 radical (unpaired) electrons. The molecular weight excluding hydrogens is 128 g/mol. The fourth-order valence-corrected chi connectivity index (χ4v) is 0.833. The van der Waals surface area contributed by atoms with Gasteiger partial charge in [0.1, 0.15) is 6.26 Å². The van der Waals surface area contributed by atoms with Crippen molar-refractivity contribution in [2.75, 3.05) is 5.48 Å². The number of rotatable bonds is 0. The van der Waals surface area contributed by atoms with Gasteiger partial charge < -0.3 is 4.84 Å². The third kappa shape index (κ3) is 0.719. The van der Waals surface area contributed by atoms with Gasteiger partial charge in [-0.2, -0.15) is 0 Å². The largest absolute Gasteiger partial charge is 0.390 e. The molecule has 0 aliphatic carbocycles. The van der Waals surface area contributed by atoms with E-state index < -0.39 is 0 Å². The summed E-state index contributed by atoms with van der Waals surface area (Å²) in [4.78, 5) is 8.92. The van der Waals surface area contributed by atoms with Gasteiger partial charge in [-0.15, -0.1) is 0 Å². The molecule has 0 unspecified atom stereocenters. The van der Waals surface area contributed by atoms with Crippen molar-refractivity contribution in [3.05, 3.63) is 30.3 Å². The zero-order valence-corrected chi connectivity index (χ0v) is 5.24. The van der Waals surface area contributed by atoms with Gasteiger partial charge in [0.05, 0.1) is 11.4 Å². The second-order valence-corrected chi connectivity index (χ2v) is 1.96. The molecule has 0 fully saturated rings. The summed E-state index contributed by atoms with van der Waals surface area (Å²) >= 11 is 0. The second kappa shape index (κ2) is 2.02. The standard InChI is InChI=1S/C7H6N2O/c1-2-7-6(8-4-1)3-5-10-9-7/h1-5,9H. The van der Waals surface area contributed by atoms with Gasteiger partial charge in [-0.1, -0.05) is 0 Å². The molecular formula is C7H6N2O. The van der Waals surface area contributed by atoms with Crippen LogP contribution in [-0.2, 0) is 4.84 Å². The monoisotopic (exact) mass is 134 g/mol. The van der Waals surface area contributed by atoms with E-state index >= 15 is 0 Å². The molecule has 2 heterocycles. The lowest BCUT2D eigenvalue weighted by Gasteiger charge is -2.10. The maximum Gasteiger partial charge on any atom is 0.121 e. The maximum absolute atomic E-state index is 4.83. The van der Waals surface area contributed by atoms with E-state index in [2.05, 4.69) is 10.5 Å². The zero-order valence-electron chi connectivity index (χ0n) is 5.24. The molecule has 3 heteroatoms. The summed E-state index contributed by atoms with van der Waals surface area (Å²) in [6, 6.07) is 3.76. The Labute approximate surface area is 58.3 Å². The Morgan fingerprint density at radius 3 is 3.40 bits per heavy atom. The molecule has 10 heavy (non-hydrogen) atoms. The Hall–Kier alpha value is -1.51. The molecule has 1 aromatic heterocycles. The van der Waals surface area contributed by atoms with E-state index in [9.17, 15) is 0 Å². The summed E-state index contributed by atoms with van der Waals surface area (Å²) in [5, 5.41) is 0. The van der Waals surface area contributed by atoms with Crippen molar-refractivity contribution >= 4 is 11.8 Å². The van der Waals surface area contributed by atoms with Crippen LogP contribution in [0.4, 0.5) is 5.69 Å². The fraction of sp³-hybridized carbons (Fsp3) is 0. The average Bonchev–Trinajstić information content (AvgIpc) is 2.05. The van der Waals surface area contributed by atoms with Gasteiger partial charge in [-0.25, -0.2) is 5.48 Å². The van der Waals surface area contributed by atoms with E-state index in [1.165, 1.54) is 0 Å². The number of hydrogen-bond donors (Lipinski definition) is 1. The van der Waals surface area contributed by atoms with E-state index in [1.807, 2.05) is 18.2 Å². The van der Waals surface area contributed by atoms with Crippen LogP contribution in [0.15, 0.2) is 24.6 Å². The first-order valence-corrected chi connectivity index (χ1v) is 3.00. The molecule has 0 saturated carbocycles. The van der Waals surface area contributed by atoms with Crippen molar-refractivity contribution in [1.29, 1.82) is 0 Å². The van der Waals surface area contributed by atoms with Crippen LogP contribution in [-0.4, -0.2) is 4.98 Å². The minimum atomic E-state index is 0.907. The van der Waals surface area contributed by atoms with Crippen LogP contribution >= 0.6 is 0 Å². The first kappa shape index (κ1) is 5.29. The predicted molar refractivity (Wildman–Crippen MR) is 38.0 cm³/mol. The number of pyridine rings is 1. The highest BCUT2D eigenvalue weighted by Gasteiger charge is 2.01. The van der Waals surface area contributed by atoms with Crippen LogP contribution in [0, 0.1) is 0 Å². The number of fused-ring (bicyclic) bond motifs is 1. The van der Waals surface area contributed by atoms with Crippen LogP contribution in [0.1, 0.15) is 5.69 Å². The molecule has 50 valence electrons. The van der Waals surface area contributed by atoms with E-state index in [4.69, 9.17) is 4.84 Å². The molecule has 0 amide bonds. The average molecular weight is 134 g/mol. The molecule has 0 bridgehead atoms. The van der Waals surface area contributed by atoms with Crippen LogP contribution in [0.3, 0.4) is 0 Å². The third-order valence-corrected chi connectivity index (χ3v) is 1.30. The Morgan fingerprint density at radius 1 is 1.50 bits per heavy atom. The second-order valence-electron chi connectivity index (χ2n) is 1.96. The highest BCUT2D eigenvalue weighted by Crippen LogP contribution is 2.16. The minimum absolute atomic E-state index is 0.907. The highest BCUT2D eigenvalue weighted by molar-refractivity contribution is 5.63. The number of hydrogen-bond acceptors (Lipinski definition) is 3. The molecule has 2 rings (SSSR count). The summed E-state index contributed by atoms with van der Waals surface area (Å²) in [6.45, 7) is 0. The van der Waals surface area contributed by atoms with Gasteiger partial charge in [-0.3, -0.25) is 4.98 Å². The van der Waals surface area contributed by atoms with E-state index in [-0.39, 0.29) is 0 Å². The molecule has 0 spiro atoms. The number of nitrogens with one attached hydrogen (secondary N) is 1. The first-order valence-electron chi connectivity index (χ1n) is 3.00. The molecule has 1 aromatic rings. The Bertz CT molecular complexity index is 270. The number of anilines is 1. The molecule has 3 nitrogen and oxygen atoms in total. The normalized spacial score (nSPS) is 13.2. The molecule has 1 aliphatic heterocycles. The van der Waals surface area contributed by atoms with Crippen molar-refractivity contribution in [2.24, 2.45) is 0 Å². The van der Waals surface area contributed by atoms with Crippen LogP contribution in [0.5, 0.6) is 0 Å². The first-order chi connectivity index (χ1) is 4.97. The molecule has 0 saturated heterocycles. The lowest BCUT2D eigenvalue weighted by molar-refractivity contribution is 0.329. The number of nitrogens with zero attached hydrogens (tertiary/aromatic N) is 1. The van der Waals surface area contributed by atoms with Crippen LogP contribution < -0.4 is 5.48 Å². The van der Waals surface area contributed by atoms with Crippen molar-refractivity contribution < 1.29 is 4.84 Å². The summed E-state index contributed by atoms with van der Waals surface area (Å²) in [7, 11) is 0. The lowest BCUT2D eigenvalue weighted by atomic mass is 10.3. The van der Waals surface area contributed by atoms with Crippen LogP contribution in [0.2, 0.25) is 0 Å². The smallest absolute Gasteiger partial charge is 0.121 e. The topological polar surface area (TPSA) is 34.2 Å². The SMILES string of the molecule is C1=Cc2ncccc2NO1. The molecule has 1 N–H and O–H groups in total. The third-order valence-electron chi connectivity index (χ3n) is 1.30. The van der Waals surface area contributed by atoms with Gasteiger partial charge in [0.15, 0.2) is 0 Å². The Balaban J connectivity index is 2.54. The molecule has 0 aromatic carbocycles.